The third kappa shape index (κ3) is 2.53. The van der Waals surface area contributed by atoms with Crippen molar-refractivity contribution in [3.05, 3.63) is 46.2 Å². The maximum absolute atomic E-state index is 6.03. The quantitative estimate of drug-likeness (QED) is 0.941. The molecule has 0 aliphatic carbocycles. The van der Waals surface area contributed by atoms with E-state index in [0.29, 0.717) is 19.8 Å². The van der Waals surface area contributed by atoms with E-state index in [1.54, 1.807) is 11.3 Å². The van der Waals surface area contributed by atoms with Gasteiger partial charge in [0.05, 0.1) is 0 Å². The molecule has 3 rings (SSSR count). The lowest BCUT2D eigenvalue weighted by Crippen LogP contribution is -2.33. The lowest BCUT2D eigenvalue weighted by molar-refractivity contribution is 0.171. The second-order valence-corrected chi connectivity index (χ2v) is 6.34. The Labute approximate surface area is 123 Å². The van der Waals surface area contributed by atoms with Crippen LogP contribution in [0.3, 0.4) is 0 Å². The van der Waals surface area contributed by atoms with Crippen LogP contribution in [-0.4, -0.2) is 19.8 Å². The average Bonchev–Trinajstić information content (AvgIpc) is 3.02. The molecule has 1 unspecified atom stereocenters. The summed E-state index contributed by atoms with van der Waals surface area (Å²) < 4.78 is 11.2. The van der Waals surface area contributed by atoms with Crippen molar-refractivity contribution in [1.29, 1.82) is 0 Å². The molecule has 3 nitrogen and oxygen atoms in total. The molecule has 0 saturated carbocycles. The van der Waals surface area contributed by atoms with Crippen LogP contribution in [0.15, 0.2) is 35.7 Å². The predicted molar refractivity (Wildman–Crippen MR) is 81.9 cm³/mol. The largest absolute Gasteiger partial charge is 0.486 e. The summed E-state index contributed by atoms with van der Waals surface area (Å²) in [7, 11) is 0. The fourth-order valence-corrected chi connectivity index (χ4v) is 3.43. The monoisotopic (exact) mass is 289 g/mol. The lowest BCUT2D eigenvalue weighted by atomic mass is 9.82. The van der Waals surface area contributed by atoms with Crippen LogP contribution < -0.4 is 15.2 Å². The lowest BCUT2D eigenvalue weighted by Gasteiger charge is -2.28. The van der Waals surface area contributed by atoms with Crippen molar-refractivity contribution in [3.8, 4) is 11.5 Å². The molecule has 2 heterocycles. The topological polar surface area (TPSA) is 44.5 Å². The molecule has 1 aliphatic rings. The van der Waals surface area contributed by atoms with Gasteiger partial charge in [-0.15, -0.1) is 11.3 Å². The van der Waals surface area contributed by atoms with Gasteiger partial charge < -0.3 is 15.2 Å². The second kappa shape index (κ2) is 5.46. The maximum atomic E-state index is 6.03. The zero-order valence-electron chi connectivity index (χ0n) is 11.6. The van der Waals surface area contributed by atoms with E-state index in [1.807, 2.05) is 6.07 Å². The number of hydrogen-bond donors (Lipinski definition) is 1. The molecule has 0 bridgehead atoms. The van der Waals surface area contributed by atoms with E-state index in [4.69, 9.17) is 15.2 Å². The molecule has 106 valence electrons. The van der Waals surface area contributed by atoms with Crippen LogP contribution in [0.25, 0.3) is 0 Å². The summed E-state index contributed by atoms with van der Waals surface area (Å²) in [5.41, 5.74) is 7.24. The molecule has 0 saturated heterocycles. The van der Waals surface area contributed by atoms with E-state index in [-0.39, 0.29) is 5.41 Å². The van der Waals surface area contributed by atoms with Crippen molar-refractivity contribution >= 4 is 11.3 Å². The molecule has 0 radical (unpaired) electrons. The molecular weight excluding hydrogens is 270 g/mol. The Hall–Kier alpha value is -1.52. The average molecular weight is 289 g/mol. The normalized spacial score (nSPS) is 16.7. The van der Waals surface area contributed by atoms with Crippen LogP contribution >= 0.6 is 11.3 Å². The Morgan fingerprint density at radius 1 is 1.20 bits per heavy atom. The van der Waals surface area contributed by atoms with Gasteiger partial charge in [0.1, 0.15) is 13.2 Å². The number of thiophene rings is 1. The standard InChI is InChI=1S/C16H19NO2S/c1-16(11-17,15-3-2-8-20-15)10-12-4-5-13-14(9-12)19-7-6-18-13/h2-5,8-9H,6-7,10-11,17H2,1H3. The minimum atomic E-state index is -0.0298. The number of benzene rings is 1. The van der Waals surface area contributed by atoms with Crippen LogP contribution in [0.1, 0.15) is 17.4 Å². The fraction of sp³-hybridized carbons (Fsp3) is 0.375. The molecule has 0 amide bonds. The molecule has 4 heteroatoms. The molecule has 1 aromatic carbocycles. The Morgan fingerprint density at radius 2 is 2.00 bits per heavy atom. The van der Waals surface area contributed by atoms with Crippen molar-refractivity contribution in [3.63, 3.8) is 0 Å². The van der Waals surface area contributed by atoms with E-state index >= 15 is 0 Å². The highest BCUT2D eigenvalue weighted by Crippen LogP contribution is 2.35. The first-order chi connectivity index (χ1) is 9.71. The first kappa shape index (κ1) is 13.5. The third-order valence-electron chi connectivity index (χ3n) is 3.77. The summed E-state index contributed by atoms with van der Waals surface area (Å²) in [5, 5.41) is 2.10. The summed E-state index contributed by atoms with van der Waals surface area (Å²) in [6.45, 7) is 4.09. The zero-order valence-corrected chi connectivity index (χ0v) is 12.4. The minimum absolute atomic E-state index is 0.0298. The van der Waals surface area contributed by atoms with Gasteiger partial charge >= 0.3 is 0 Å². The SMILES string of the molecule is CC(CN)(Cc1ccc2c(c1)OCCO2)c1cccs1. The highest BCUT2D eigenvalue weighted by atomic mass is 32.1. The number of hydrogen-bond acceptors (Lipinski definition) is 4. The highest BCUT2D eigenvalue weighted by molar-refractivity contribution is 7.10. The van der Waals surface area contributed by atoms with E-state index < -0.39 is 0 Å². The van der Waals surface area contributed by atoms with E-state index in [0.717, 1.165) is 17.9 Å². The van der Waals surface area contributed by atoms with Gasteiger partial charge in [-0.3, -0.25) is 0 Å². The molecule has 0 spiro atoms. The maximum Gasteiger partial charge on any atom is 0.161 e. The number of fused-ring (bicyclic) bond motifs is 1. The molecule has 2 N–H and O–H groups in total. The van der Waals surface area contributed by atoms with Crippen molar-refractivity contribution in [2.24, 2.45) is 5.73 Å². The van der Waals surface area contributed by atoms with Crippen LogP contribution in [0, 0.1) is 0 Å². The number of ether oxygens (including phenoxy) is 2. The molecule has 1 atom stereocenters. The fourth-order valence-electron chi connectivity index (χ4n) is 2.53. The van der Waals surface area contributed by atoms with Crippen molar-refractivity contribution in [1.82, 2.24) is 0 Å². The Balaban J connectivity index is 1.86. The van der Waals surface area contributed by atoms with Gasteiger partial charge in [0.25, 0.3) is 0 Å². The van der Waals surface area contributed by atoms with Gasteiger partial charge in [0, 0.05) is 16.8 Å². The van der Waals surface area contributed by atoms with E-state index in [1.165, 1.54) is 10.4 Å². The Bertz CT molecular complexity index is 582. The molecule has 1 aliphatic heterocycles. The second-order valence-electron chi connectivity index (χ2n) is 5.40. The molecular formula is C16H19NO2S. The number of rotatable bonds is 4. The van der Waals surface area contributed by atoms with Crippen molar-refractivity contribution in [2.45, 2.75) is 18.8 Å². The van der Waals surface area contributed by atoms with Gasteiger partial charge in [-0.25, -0.2) is 0 Å². The summed E-state index contributed by atoms with van der Waals surface area (Å²) in [4.78, 5) is 1.33. The van der Waals surface area contributed by atoms with Gasteiger partial charge in [0.2, 0.25) is 0 Å². The molecule has 1 aromatic heterocycles. The van der Waals surface area contributed by atoms with Crippen LogP contribution in [0.4, 0.5) is 0 Å². The van der Waals surface area contributed by atoms with E-state index in [9.17, 15) is 0 Å². The summed E-state index contributed by atoms with van der Waals surface area (Å²) >= 11 is 1.77. The van der Waals surface area contributed by atoms with Crippen LogP contribution in [-0.2, 0) is 11.8 Å². The van der Waals surface area contributed by atoms with Gasteiger partial charge in [-0.05, 0) is 35.6 Å². The first-order valence-corrected chi connectivity index (χ1v) is 7.72. The number of nitrogens with two attached hydrogens (primary N) is 1. The van der Waals surface area contributed by atoms with Crippen molar-refractivity contribution in [2.75, 3.05) is 19.8 Å². The molecule has 2 aromatic rings. The summed E-state index contributed by atoms with van der Waals surface area (Å²) in [5.74, 6) is 1.69. The Morgan fingerprint density at radius 3 is 2.70 bits per heavy atom. The zero-order chi connectivity index (χ0) is 14.0. The minimum Gasteiger partial charge on any atom is -0.486 e. The molecule has 0 fully saturated rings. The predicted octanol–water partition coefficient (Wildman–Crippen LogP) is 2.98. The smallest absolute Gasteiger partial charge is 0.161 e. The summed E-state index contributed by atoms with van der Waals surface area (Å²) in [6.07, 6.45) is 0.903. The van der Waals surface area contributed by atoms with Gasteiger partial charge in [-0.1, -0.05) is 19.1 Å². The molecule has 20 heavy (non-hydrogen) atoms. The Kier molecular flexibility index (Phi) is 3.68. The first-order valence-electron chi connectivity index (χ1n) is 6.84. The highest BCUT2D eigenvalue weighted by Gasteiger charge is 2.27. The van der Waals surface area contributed by atoms with Crippen LogP contribution in [0.5, 0.6) is 11.5 Å². The van der Waals surface area contributed by atoms with Crippen LogP contribution in [0.2, 0.25) is 0 Å². The van der Waals surface area contributed by atoms with E-state index in [2.05, 4.69) is 36.6 Å². The van der Waals surface area contributed by atoms with Gasteiger partial charge in [-0.2, -0.15) is 0 Å². The third-order valence-corrected chi connectivity index (χ3v) is 4.94. The van der Waals surface area contributed by atoms with Crippen molar-refractivity contribution < 1.29 is 9.47 Å². The van der Waals surface area contributed by atoms with Gasteiger partial charge in [0.15, 0.2) is 11.5 Å². The summed E-state index contributed by atoms with van der Waals surface area (Å²) in [6, 6.07) is 10.4.